The van der Waals surface area contributed by atoms with Crippen LogP contribution in [0.1, 0.15) is 44.0 Å². The number of morpholine rings is 1. The normalized spacial score (nSPS) is 23.2. The van der Waals surface area contributed by atoms with E-state index < -0.39 is 0 Å². The molecular weight excluding hydrogens is 232 g/mol. The first kappa shape index (κ1) is 13.5. The minimum absolute atomic E-state index is 0.0773. The molecule has 0 aromatic carbocycles. The van der Waals surface area contributed by atoms with E-state index in [-0.39, 0.29) is 12.0 Å². The number of rotatable bonds is 5. The molecule has 1 aromatic heterocycles. The molecule has 6 heteroatoms. The maximum absolute atomic E-state index is 5.70. The Hall–Kier alpha value is -0.980. The fourth-order valence-electron chi connectivity index (χ4n) is 2.13. The molecule has 6 nitrogen and oxygen atoms in total. The molecule has 0 aliphatic carbocycles. The Bertz CT molecular complexity index is 365. The minimum Gasteiger partial charge on any atom is -0.367 e. The second-order valence-electron chi connectivity index (χ2n) is 4.58. The Balaban J connectivity index is 2.05. The van der Waals surface area contributed by atoms with Crippen molar-refractivity contribution in [1.82, 2.24) is 15.0 Å². The van der Waals surface area contributed by atoms with Gasteiger partial charge in [-0.3, -0.25) is 4.90 Å². The third-order valence-electron chi connectivity index (χ3n) is 3.47. The average Bonchev–Trinajstić information content (AvgIpc) is 2.90. The van der Waals surface area contributed by atoms with Gasteiger partial charge >= 0.3 is 0 Å². The van der Waals surface area contributed by atoms with E-state index in [2.05, 4.69) is 28.9 Å². The van der Waals surface area contributed by atoms with Crippen LogP contribution in [0.2, 0.25) is 0 Å². The lowest BCUT2D eigenvalue weighted by atomic mass is 10.1. The SMILES string of the molecule is CCC(CN)c1nc(C2CN(CC)CCO2)no1. The van der Waals surface area contributed by atoms with Gasteiger partial charge in [0.25, 0.3) is 0 Å². The van der Waals surface area contributed by atoms with Crippen LogP contribution >= 0.6 is 0 Å². The van der Waals surface area contributed by atoms with Crippen LogP contribution in [0.4, 0.5) is 0 Å². The van der Waals surface area contributed by atoms with E-state index in [9.17, 15) is 0 Å². The van der Waals surface area contributed by atoms with Crippen LogP contribution in [0, 0.1) is 0 Å². The fourth-order valence-corrected chi connectivity index (χ4v) is 2.13. The van der Waals surface area contributed by atoms with E-state index in [1.165, 1.54) is 0 Å². The minimum atomic E-state index is -0.0773. The van der Waals surface area contributed by atoms with Gasteiger partial charge < -0.3 is 15.0 Å². The van der Waals surface area contributed by atoms with Crippen molar-refractivity contribution >= 4 is 0 Å². The fraction of sp³-hybridized carbons (Fsp3) is 0.833. The van der Waals surface area contributed by atoms with Crippen molar-refractivity contribution in [2.24, 2.45) is 5.73 Å². The Labute approximate surface area is 107 Å². The molecular formula is C12H22N4O2. The van der Waals surface area contributed by atoms with Crippen molar-refractivity contribution < 1.29 is 9.26 Å². The predicted octanol–water partition coefficient (Wildman–Crippen LogP) is 0.915. The zero-order valence-electron chi connectivity index (χ0n) is 11.1. The number of hydrogen-bond acceptors (Lipinski definition) is 6. The molecule has 2 N–H and O–H groups in total. The molecule has 2 atom stereocenters. The van der Waals surface area contributed by atoms with Gasteiger partial charge in [-0.25, -0.2) is 0 Å². The summed E-state index contributed by atoms with van der Waals surface area (Å²) in [7, 11) is 0. The van der Waals surface area contributed by atoms with Crippen LogP contribution in [0.25, 0.3) is 0 Å². The summed E-state index contributed by atoms with van der Waals surface area (Å²) in [4.78, 5) is 6.76. The first-order valence-electron chi connectivity index (χ1n) is 6.66. The molecule has 0 spiro atoms. The second kappa shape index (κ2) is 6.26. The number of aromatic nitrogens is 2. The van der Waals surface area contributed by atoms with Crippen LogP contribution in [0.3, 0.4) is 0 Å². The first-order chi connectivity index (χ1) is 8.78. The van der Waals surface area contributed by atoms with Crippen LogP contribution in [0.15, 0.2) is 4.52 Å². The van der Waals surface area contributed by atoms with Crippen molar-refractivity contribution in [2.45, 2.75) is 32.3 Å². The Morgan fingerprint density at radius 1 is 1.50 bits per heavy atom. The third kappa shape index (κ3) is 2.88. The Kier molecular flexibility index (Phi) is 4.68. The lowest BCUT2D eigenvalue weighted by Gasteiger charge is -2.30. The maximum atomic E-state index is 5.70. The van der Waals surface area contributed by atoms with Gasteiger partial charge in [-0.15, -0.1) is 0 Å². The number of hydrogen-bond donors (Lipinski definition) is 1. The average molecular weight is 254 g/mol. The summed E-state index contributed by atoms with van der Waals surface area (Å²) in [5, 5.41) is 4.03. The predicted molar refractivity (Wildman–Crippen MR) is 67.2 cm³/mol. The lowest BCUT2D eigenvalue weighted by molar-refractivity contribution is -0.0334. The second-order valence-corrected chi connectivity index (χ2v) is 4.58. The molecule has 18 heavy (non-hydrogen) atoms. The summed E-state index contributed by atoms with van der Waals surface area (Å²) < 4.78 is 11.0. The Morgan fingerprint density at radius 3 is 3.00 bits per heavy atom. The smallest absolute Gasteiger partial charge is 0.231 e. The zero-order chi connectivity index (χ0) is 13.0. The molecule has 1 saturated heterocycles. The number of nitrogens with two attached hydrogens (primary N) is 1. The van der Waals surface area contributed by atoms with Gasteiger partial charge in [0.2, 0.25) is 11.7 Å². The van der Waals surface area contributed by atoms with Gasteiger partial charge in [-0.2, -0.15) is 4.98 Å². The summed E-state index contributed by atoms with van der Waals surface area (Å²) in [5.74, 6) is 1.43. The zero-order valence-corrected chi connectivity index (χ0v) is 11.1. The number of nitrogens with zero attached hydrogens (tertiary/aromatic N) is 3. The highest BCUT2D eigenvalue weighted by atomic mass is 16.5. The quantitative estimate of drug-likeness (QED) is 0.841. The van der Waals surface area contributed by atoms with Crippen molar-refractivity contribution in [3.8, 4) is 0 Å². The Morgan fingerprint density at radius 2 is 2.33 bits per heavy atom. The molecule has 0 amide bonds. The van der Waals surface area contributed by atoms with E-state index in [4.69, 9.17) is 15.0 Å². The third-order valence-corrected chi connectivity index (χ3v) is 3.47. The van der Waals surface area contributed by atoms with E-state index in [1.807, 2.05) is 0 Å². The molecule has 0 radical (unpaired) electrons. The molecule has 2 heterocycles. The van der Waals surface area contributed by atoms with Crippen molar-refractivity contribution in [3.63, 3.8) is 0 Å². The monoisotopic (exact) mass is 254 g/mol. The highest BCUT2D eigenvalue weighted by Gasteiger charge is 2.26. The van der Waals surface area contributed by atoms with E-state index in [0.717, 1.165) is 32.7 Å². The maximum Gasteiger partial charge on any atom is 0.231 e. The van der Waals surface area contributed by atoms with Crippen LogP contribution in [-0.2, 0) is 4.74 Å². The molecule has 1 aliphatic rings. The highest BCUT2D eigenvalue weighted by molar-refractivity contribution is 4.98. The summed E-state index contributed by atoms with van der Waals surface area (Å²) >= 11 is 0. The van der Waals surface area contributed by atoms with Gasteiger partial charge in [0.15, 0.2) is 0 Å². The van der Waals surface area contributed by atoms with E-state index >= 15 is 0 Å². The highest BCUT2D eigenvalue weighted by Crippen LogP contribution is 2.22. The largest absolute Gasteiger partial charge is 0.367 e. The molecule has 1 fully saturated rings. The standard InChI is InChI=1S/C12H22N4O2/c1-3-9(7-13)12-14-11(15-18-12)10-8-16(4-2)5-6-17-10/h9-10H,3-8,13H2,1-2H3. The molecule has 1 aliphatic heterocycles. The van der Waals surface area contributed by atoms with Gasteiger partial charge in [-0.05, 0) is 13.0 Å². The van der Waals surface area contributed by atoms with Crippen LogP contribution < -0.4 is 5.73 Å². The molecule has 2 unspecified atom stereocenters. The number of likely N-dealkylation sites (N-methyl/N-ethyl adjacent to an activating group) is 1. The summed E-state index contributed by atoms with van der Waals surface area (Å²) in [5.41, 5.74) is 5.68. The van der Waals surface area contributed by atoms with Gasteiger partial charge in [0, 0.05) is 19.6 Å². The topological polar surface area (TPSA) is 77.4 Å². The molecule has 0 saturated carbocycles. The van der Waals surface area contributed by atoms with Crippen LogP contribution in [0.5, 0.6) is 0 Å². The van der Waals surface area contributed by atoms with Gasteiger partial charge in [0.05, 0.1) is 12.5 Å². The molecule has 2 rings (SSSR count). The van der Waals surface area contributed by atoms with Gasteiger partial charge in [0.1, 0.15) is 6.10 Å². The molecule has 1 aromatic rings. The summed E-state index contributed by atoms with van der Waals surface area (Å²) in [6.45, 7) is 8.28. The first-order valence-corrected chi connectivity index (χ1v) is 6.66. The summed E-state index contributed by atoms with van der Waals surface area (Å²) in [6.07, 6.45) is 0.830. The lowest BCUT2D eigenvalue weighted by Crippen LogP contribution is -2.38. The summed E-state index contributed by atoms with van der Waals surface area (Å²) in [6, 6.07) is 0. The van der Waals surface area contributed by atoms with Gasteiger partial charge in [-0.1, -0.05) is 19.0 Å². The van der Waals surface area contributed by atoms with Crippen molar-refractivity contribution in [3.05, 3.63) is 11.7 Å². The van der Waals surface area contributed by atoms with E-state index in [0.29, 0.717) is 18.3 Å². The van der Waals surface area contributed by atoms with Crippen molar-refractivity contribution in [2.75, 3.05) is 32.8 Å². The van der Waals surface area contributed by atoms with E-state index in [1.54, 1.807) is 0 Å². The molecule has 0 bridgehead atoms. The number of ether oxygens (including phenoxy) is 1. The molecule has 102 valence electrons. The van der Waals surface area contributed by atoms with Crippen molar-refractivity contribution in [1.29, 1.82) is 0 Å². The van der Waals surface area contributed by atoms with Crippen LogP contribution in [-0.4, -0.2) is 47.8 Å².